The molecule has 1 heterocycles. The Bertz CT molecular complexity index is 462. The average molecular weight is 261 g/mol. The van der Waals surface area contributed by atoms with Crippen LogP contribution < -0.4 is 5.73 Å². The van der Waals surface area contributed by atoms with E-state index in [-0.39, 0.29) is 12.2 Å². The van der Waals surface area contributed by atoms with Crippen LogP contribution in [-0.2, 0) is 11.2 Å². The molecule has 1 atom stereocenters. The Morgan fingerprint density at radius 3 is 1.95 bits per heavy atom. The van der Waals surface area contributed by atoms with Crippen molar-refractivity contribution < 1.29 is 15.0 Å². The number of phenols is 1. The highest BCUT2D eigenvalue weighted by atomic mass is 16.4. The standard InChI is InChI=1S/C9H11NO3.C4H4N2/c10-8(9(12)13)5-6-1-3-7(11)4-2-6;1-2-6-4-3-5-1/h1-4,8,11H,5,10H2,(H,12,13);1-4H. The van der Waals surface area contributed by atoms with Crippen molar-refractivity contribution >= 4 is 5.97 Å². The molecule has 0 bridgehead atoms. The largest absolute Gasteiger partial charge is 0.508 e. The van der Waals surface area contributed by atoms with E-state index >= 15 is 0 Å². The van der Waals surface area contributed by atoms with Crippen molar-refractivity contribution in [3.05, 3.63) is 54.6 Å². The van der Waals surface area contributed by atoms with Crippen molar-refractivity contribution in [3.8, 4) is 5.75 Å². The number of benzene rings is 1. The van der Waals surface area contributed by atoms with Crippen molar-refractivity contribution in [2.75, 3.05) is 0 Å². The highest BCUT2D eigenvalue weighted by Gasteiger charge is 2.11. The molecule has 6 heteroatoms. The molecule has 4 N–H and O–H groups in total. The van der Waals surface area contributed by atoms with Crippen LogP contribution in [0.1, 0.15) is 5.56 Å². The van der Waals surface area contributed by atoms with Gasteiger partial charge in [0.15, 0.2) is 0 Å². The Labute approximate surface area is 110 Å². The molecule has 0 aliphatic carbocycles. The summed E-state index contributed by atoms with van der Waals surface area (Å²) in [7, 11) is 0. The monoisotopic (exact) mass is 261 g/mol. The van der Waals surface area contributed by atoms with E-state index in [1.165, 1.54) is 12.1 Å². The lowest BCUT2D eigenvalue weighted by molar-refractivity contribution is -0.138. The molecule has 1 aromatic carbocycles. The molecule has 1 unspecified atom stereocenters. The van der Waals surface area contributed by atoms with Gasteiger partial charge in [-0.1, -0.05) is 12.1 Å². The minimum Gasteiger partial charge on any atom is -0.508 e. The van der Waals surface area contributed by atoms with E-state index in [1.807, 2.05) is 0 Å². The predicted molar refractivity (Wildman–Crippen MR) is 69.5 cm³/mol. The molecule has 0 radical (unpaired) electrons. The second kappa shape index (κ2) is 7.78. The van der Waals surface area contributed by atoms with Crippen LogP contribution in [0.5, 0.6) is 5.75 Å². The number of carboxylic acid groups (broad SMARTS) is 1. The maximum Gasteiger partial charge on any atom is 0.320 e. The lowest BCUT2D eigenvalue weighted by atomic mass is 10.1. The fourth-order valence-electron chi connectivity index (χ4n) is 1.23. The minimum atomic E-state index is -1.02. The maximum atomic E-state index is 10.4. The topological polar surface area (TPSA) is 109 Å². The molecular weight excluding hydrogens is 246 g/mol. The number of nitrogens with two attached hydrogens (primary N) is 1. The lowest BCUT2D eigenvalue weighted by Crippen LogP contribution is -2.32. The van der Waals surface area contributed by atoms with Gasteiger partial charge in [0.1, 0.15) is 11.8 Å². The van der Waals surface area contributed by atoms with Crippen molar-refractivity contribution in [1.29, 1.82) is 0 Å². The van der Waals surface area contributed by atoms with Crippen LogP contribution in [0.15, 0.2) is 49.1 Å². The molecule has 2 rings (SSSR count). The number of rotatable bonds is 3. The Balaban J connectivity index is 0.000000250. The van der Waals surface area contributed by atoms with Crippen LogP contribution in [0.4, 0.5) is 0 Å². The molecular formula is C13H15N3O3. The van der Waals surface area contributed by atoms with Crippen LogP contribution in [0.25, 0.3) is 0 Å². The smallest absolute Gasteiger partial charge is 0.320 e. The molecule has 0 amide bonds. The van der Waals surface area contributed by atoms with Gasteiger partial charge >= 0.3 is 5.97 Å². The van der Waals surface area contributed by atoms with Gasteiger partial charge in [-0.15, -0.1) is 0 Å². The van der Waals surface area contributed by atoms with E-state index < -0.39 is 12.0 Å². The third-order valence-corrected chi connectivity index (χ3v) is 2.19. The Morgan fingerprint density at radius 2 is 1.58 bits per heavy atom. The van der Waals surface area contributed by atoms with E-state index in [1.54, 1.807) is 36.9 Å². The molecule has 0 saturated heterocycles. The number of aliphatic carboxylic acids is 1. The molecule has 2 aromatic rings. The molecule has 0 spiro atoms. The molecule has 100 valence electrons. The van der Waals surface area contributed by atoms with Crippen LogP contribution in [-0.4, -0.2) is 32.2 Å². The van der Waals surface area contributed by atoms with Gasteiger partial charge in [0.25, 0.3) is 0 Å². The SMILES string of the molecule is NC(Cc1ccc(O)cc1)C(=O)O.c1cnccn1. The first-order valence-electron chi connectivity index (χ1n) is 5.56. The first-order valence-corrected chi connectivity index (χ1v) is 5.56. The van der Waals surface area contributed by atoms with Gasteiger partial charge in [0.2, 0.25) is 0 Å². The van der Waals surface area contributed by atoms with Crippen LogP contribution in [0.2, 0.25) is 0 Å². The molecule has 1 aromatic heterocycles. The van der Waals surface area contributed by atoms with Crippen LogP contribution in [0, 0.1) is 0 Å². The third-order valence-electron chi connectivity index (χ3n) is 2.19. The second-order valence-electron chi connectivity index (χ2n) is 3.71. The van der Waals surface area contributed by atoms with E-state index in [9.17, 15) is 4.79 Å². The summed E-state index contributed by atoms with van der Waals surface area (Å²) in [6.07, 6.45) is 6.83. The summed E-state index contributed by atoms with van der Waals surface area (Å²) in [5.41, 5.74) is 6.12. The summed E-state index contributed by atoms with van der Waals surface area (Å²) < 4.78 is 0. The number of hydrogen-bond acceptors (Lipinski definition) is 5. The number of aromatic nitrogens is 2. The molecule has 0 aliphatic rings. The normalized spacial score (nSPS) is 11.0. The summed E-state index contributed by atoms with van der Waals surface area (Å²) in [6, 6.07) is 5.42. The van der Waals surface area contributed by atoms with Crippen molar-refractivity contribution in [3.63, 3.8) is 0 Å². The number of aromatic hydroxyl groups is 1. The number of hydrogen-bond donors (Lipinski definition) is 3. The van der Waals surface area contributed by atoms with Gasteiger partial charge in [-0.3, -0.25) is 14.8 Å². The zero-order valence-corrected chi connectivity index (χ0v) is 10.2. The zero-order valence-electron chi connectivity index (χ0n) is 10.2. The number of carbonyl (C=O) groups is 1. The van der Waals surface area contributed by atoms with Crippen molar-refractivity contribution in [2.45, 2.75) is 12.5 Å². The molecule has 0 fully saturated rings. The fourth-order valence-corrected chi connectivity index (χ4v) is 1.23. The summed E-state index contributed by atoms with van der Waals surface area (Å²) in [6.45, 7) is 0. The van der Waals surface area contributed by atoms with E-state index in [4.69, 9.17) is 15.9 Å². The molecule has 19 heavy (non-hydrogen) atoms. The van der Waals surface area contributed by atoms with E-state index in [0.29, 0.717) is 0 Å². The Kier molecular flexibility index (Phi) is 5.97. The summed E-state index contributed by atoms with van der Waals surface area (Å²) in [4.78, 5) is 17.8. The predicted octanol–water partition coefficient (Wildman–Crippen LogP) is 0.823. The molecule has 0 aliphatic heterocycles. The van der Waals surface area contributed by atoms with E-state index in [2.05, 4.69) is 9.97 Å². The average Bonchev–Trinajstić information content (AvgIpc) is 2.44. The number of carboxylic acids is 1. The zero-order chi connectivity index (χ0) is 14.1. The fraction of sp³-hybridized carbons (Fsp3) is 0.154. The minimum absolute atomic E-state index is 0.160. The summed E-state index contributed by atoms with van der Waals surface area (Å²) in [5.74, 6) is -0.860. The van der Waals surface area contributed by atoms with Crippen molar-refractivity contribution in [2.24, 2.45) is 5.73 Å². The maximum absolute atomic E-state index is 10.4. The molecule has 6 nitrogen and oxygen atoms in total. The van der Waals surface area contributed by atoms with Gasteiger partial charge < -0.3 is 15.9 Å². The van der Waals surface area contributed by atoms with Gasteiger partial charge in [-0.25, -0.2) is 0 Å². The van der Waals surface area contributed by atoms with Crippen molar-refractivity contribution in [1.82, 2.24) is 9.97 Å². The first kappa shape index (κ1) is 14.6. The first-order chi connectivity index (χ1) is 9.09. The van der Waals surface area contributed by atoms with Gasteiger partial charge in [-0.2, -0.15) is 0 Å². The quantitative estimate of drug-likeness (QED) is 0.754. The van der Waals surface area contributed by atoms with Crippen LogP contribution >= 0.6 is 0 Å². The van der Waals surface area contributed by atoms with E-state index in [0.717, 1.165) is 5.56 Å². The van der Waals surface area contributed by atoms with Crippen LogP contribution in [0.3, 0.4) is 0 Å². The highest BCUT2D eigenvalue weighted by Crippen LogP contribution is 2.10. The van der Waals surface area contributed by atoms with Gasteiger partial charge in [0, 0.05) is 24.8 Å². The van der Waals surface area contributed by atoms with Gasteiger partial charge in [-0.05, 0) is 24.1 Å². The summed E-state index contributed by atoms with van der Waals surface area (Å²) in [5, 5.41) is 17.5. The summed E-state index contributed by atoms with van der Waals surface area (Å²) >= 11 is 0. The highest BCUT2D eigenvalue weighted by molar-refractivity contribution is 5.73. The van der Waals surface area contributed by atoms with Gasteiger partial charge in [0.05, 0.1) is 0 Å². The Morgan fingerprint density at radius 1 is 1.11 bits per heavy atom. The lowest BCUT2D eigenvalue weighted by Gasteiger charge is -2.05. The Hall–Kier alpha value is -2.47. The number of nitrogens with zero attached hydrogens (tertiary/aromatic N) is 2. The molecule has 0 saturated carbocycles. The third kappa shape index (κ3) is 6.13. The number of phenolic OH excluding ortho intramolecular Hbond substituents is 1. The second-order valence-corrected chi connectivity index (χ2v) is 3.71.